The monoisotopic (exact) mass is 421 g/mol. The second-order valence-electron chi connectivity index (χ2n) is 7.26. The topological polar surface area (TPSA) is 68.1 Å². The zero-order valence-electron chi connectivity index (χ0n) is 15.3. The molecule has 0 amide bonds. The third-order valence-electron chi connectivity index (χ3n) is 5.03. The van der Waals surface area contributed by atoms with Crippen LogP contribution in [0.5, 0.6) is 0 Å². The van der Waals surface area contributed by atoms with Crippen molar-refractivity contribution < 1.29 is 14.2 Å². The van der Waals surface area contributed by atoms with Crippen LogP contribution in [0, 0.1) is 5.82 Å². The van der Waals surface area contributed by atoms with Gasteiger partial charge in [-0.25, -0.2) is 14.4 Å². The van der Waals surface area contributed by atoms with Crippen LogP contribution >= 0.6 is 23.2 Å². The van der Waals surface area contributed by atoms with Crippen LogP contribution in [0.2, 0.25) is 10.3 Å². The number of aliphatic hydroxyl groups is 1. The Hall–Kier alpha value is -1.86. The van der Waals surface area contributed by atoms with Gasteiger partial charge in [0, 0.05) is 35.7 Å². The Bertz CT molecular complexity index is 1070. The molecule has 1 aliphatic heterocycles. The van der Waals surface area contributed by atoms with E-state index < -0.39 is 11.4 Å². The number of halogens is 3. The molecule has 5 nitrogen and oxygen atoms in total. The summed E-state index contributed by atoms with van der Waals surface area (Å²) in [4.78, 5) is 12.3. The molecule has 8 heteroatoms. The van der Waals surface area contributed by atoms with Crippen molar-refractivity contribution in [2.75, 3.05) is 13.2 Å². The first kappa shape index (κ1) is 19.5. The number of hydrogen-bond acceptors (Lipinski definition) is 5. The Morgan fingerprint density at radius 1 is 1.21 bits per heavy atom. The van der Waals surface area contributed by atoms with Crippen molar-refractivity contribution in [2.45, 2.75) is 31.8 Å². The summed E-state index contributed by atoms with van der Waals surface area (Å²) in [7, 11) is 0. The molecule has 0 saturated carbocycles. The highest BCUT2D eigenvalue weighted by Crippen LogP contribution is 2.40. The fourth-order valence-corrected chi connectivity index (χ4v) is 4.06. The summed E-state index contributed by atoms with van der Waals surface area (Å²) in [5.41, 5.74) is 1.39. The van der Waals surface area contributed by atoms with Crippen LogP contribution in [-0.2, 0) is 10.3 Å². The summed E-state index contributed by atoms with van der Waals surface area (Å²) in [6.45, 7) is 4.65. The highest BCUT2D eigenvalue weighted by molar-refractivity contribution is 6.33. The smallest absolute Gasteiger partial charge is 0.222 e. The normalized spacial score (nSPS) is 19.7. The predicted molar refractivity (Wildman–Crippen MR) is 106 cm³/mol. The zero-order valence-corrected chi connectivity index (χ0v) is 16.9. The molecule has 0 radical (unpaired) electrons. The molecule has 0 spiro atoms. The lowest BCUT2D eigenvalue weighted by atomic mass is 9.84. The van der Waals surface area contributed by atoms with E-state index in [4.69, 9.17) is 27.9 Å². The lowest BCUT2D eigenvalue weighted by molar-refractivity contribution is 0.0221. The highest BCUT2D eigenvalue weighted by atomic mass is 35.5. The van der Waals surface area contributed by atoms with Crippen molar-refractivity contribution in [3.63, 3.8) is 0 Å². The van der Waals surface area contributed by atoms with Gasteiger partial charge in [0.2, 0.25) is 5.28 Å². The second kappa shape index (κ2) is 7.19. The summed E-state index contributed by atoms with van der Waals surface area (Å²) in [5, 5.41) is 12.0. The molecule has 1 unspecified atom stereocenters. The minimum atomic E-state index is -1.14. The third kappa shape index (κ3) is 3.24. The molecule has 2 aromatic heterocycles. The molecule has 1 saturated heterocycles. The second-order valence-corrected chi connectivity index (χ2v) is 8.01. The van der Waals surface area contributed by atoms with E-state index in [1.165, 1.54) is 12.3 Å². The van der Waals surface area contributed by atoms with Gasteiger partial charge in [0.15, 0.2) is 0 Å². The summed E-state index contributed by atoms with van der Waals surface area (Å²) in [5.74, 6) is -0.481. The lowest BCUT2D eigenvalue weighted by Crippen LogP contribution is -2.28. The molecule has 0 bridgehead atoms. The Morgan fingerprint density at radius 3 is 2.68 bits per heavy atom. The van der Waals surface area contributed by atoms with Crippen molar-refractivity contribution in [3.8, 4) is 11.3 Å². The molecule has 3 aromatic rings. The van der Waals surface area contributed by atoms with E-state index in [1.807, 2.05) is 13.8 Å². The van der Waals surface area contributed by atoms with E-state index in [0.29, 0.717) is 35.2 Å². The fraction of sp³-hybridized carbons (Fsp3) is 0.350. The van der Waals surface area contributed by atoms with E-state index in [2.05, 4.69) is 15.0 Å². The first-order valence-electron chi connectivity index (χ1n) is 8.91. The molecule has 28 heavy (non-hydrogen) atoms. The van der Waals surface area contributed by atoms with Gasteiger partial charge in [-0.15, -0.1) is 0 Å². The standard InChI is InChI=1S/C20H18Cl2FN3O2/c1-10(2)16-12-5-11(17-14(21)8-25-19(22)26-17)6-15(23)18(12)24-7-13(16)20(27)3-4-28-9-20/h5-8,10,27H,3-4,9H2,1-2H3. The molecule has 1 aliphatic rings. The van der Waals surface area contributed by atoms with E-state index in [9.17, 15) is 9.50 Å². The van der Waals surface area contributed by atoms with Gasteiger partial charge >= 0.3 is 0 Å². The van der Waals surface area contributed by atoms with Crippen molar-refractivity contribution in [2.24, 2.45) is 0 Å². The number of hydrogen-bond donors (Lipinski definition) is 1. The van der Waals surface area contributed by atoms with Crippen LogP contribution in [0.15, 0.2) is 24.5 Å². The maximum atomic E-state index is 14.9. The van der Waals surface area contributed by atoms with Crippen molar-refractivity contribution in [3.05, 3.63) is 51.8 Å². The van der Waals surface area contributed by atoms with E-state index in [-0.39, 0.29) is 28.3 Å². The van der Waals surface area contributed by atoms with Crippen molar-refractivity contribution >= 4 is 34.1 Å². The van der Waals surface area contributed by atoms with Crippen LogP contribution in [0.1, 0.15) is 37.3 Å². The quantitative estimate of drug-likeness (QED) is 0.610. The average molecular weight is 422 g/mol. The van der Waals surface area contributed by atoms with Gasteiger partial charge in [-0.1, -0.05) is 25.4 Å². The Kier molecular flexibility index (Phi) is 5.00. The Balaban J connectivity index is 2.02. The van der Waals surface area contributed by atoms with Crippen LogP contribution in [0.25, 0.3) is 22.2 Å². The minimum Gasteiger partial charge on any atom is -0.383 e. The lowest BCUT2D eigenvalue weighted by Gasteiger charge is -2.26. The van der Waals surface area contributed by atoms with Gasteiger partial charge in [-0.05, 0) is 35.2 Å². The third-order valence-corrected chi connectivity index (χ3v) is 5.49. The van der Waals surface area contributed by atoms with Crippen LogP contribution < -0.4 is 0 Å². The van der Waals surface area contributed by atoms with E-state index >= 15 is 0 Å². The minimum absolute atomic E-state index is 0.0178. The molecule has 1 N–H and O–H groups in total. The van der Waals surface area contributed by atoms with Gasteiger partial charge in [-0.3, -0.25) is 4.98 Å². The molecule has 3 heterocycles. The highest BCUT2D eigenvalue weighted by Gasteiger charge is 2.37. The number of ether oxygens (including phenoxy) is 1. The number of fused-ring (bicyclic) bond motifs is 1. The first-order chi connectivity index (χ1) is 13.3. The Labute approximate surface area is 171 Å². The molecule has 1 atom stereocenters. The van der Waals surface area contributed by atoms with Crippen LogP contribution in [-0.4, -0.2) is 33.3 Å². The summed E-state index contributed by atoms with van der Waals surface area (Å²) in [6.07, 6.45) is 3.41. The maximum Gasteiger partial charge on any atom is 0.222 e. The molecular formula is C20H18Cl2FN3O2. The zero-order chi connectivity index (χ0) is 20.1. The molecule has 0 aliphatic carbocycles. The SMILES string of the molecule is CC(C)c1c(C2(O)CCOC2)cnc2c(F)cc(-c3nc(Cl)ncc3Cl)cc12. The fourth-order valence-electron chi connectivity index (χ4n) is 3.72. The van der Waals surface area contributed by atoms with Crippen LogP contribution in [0.3, 0.4) is 0 Å². The van der Waals surface area contributed by atoms with E-state index in [1.54, 1.807) is 12.3 Å². The predicted octanol–water partition coefficient (Wildman–Crippen LogP) is 4.87. The maximum absolute atomic E-state index is 14.9. The number of nitrogens with zero attached hydrogens (tertiary/aromatic N) is 3. The molecular weight excluding hydrogens is 404 g/mol. The number of aromatic nitrogens is 3. The summed E-state index contributed by atoms with van der Waals surface area (Å²) >= 11 is 12.1. The number of pyridine rings is 1. The largest absolute Gasteiger partial charge is 0.383 e. The number of rotatable bonds is 3. The molecule has 4 rings (SSSR count). The van der Waals surface area contributed by atoms with Gasteiger partial charge < -0.3 is 9.84 Å². The van der Waals surface area contributed by atoms with Crippen LogP contribution in [0.4, 0.5) is 4.39 Å². The number of benzene rings is 1. The van der Waals surface area contributed by atoms with Gasteiger partial charge in [0.05, 0.1) is 23.5 Å². The molecule has 1 fully saturated rings. The van der Waals surface area contributed by atoms with Gasteiger partial charge in [0.25, 0.3) is 0 Å². The van der Waals surface area contributed by atoms with E-state index in [0.717, 1.165) is 5.56 Å². The van der Waals surface area contributed by atoms with Crippen molar-refractivity contribution in [1.82, 2.24) is 15.0 Å². The Morgan fingerprint density at radius 2 is 2.00 bits per heavy atom. The molecule has 1 aromatic carbocycles. The van der Waals surface area contributed by atoms with Crippen molar-refractivity contribution in [1.29, 1.82) is 0 Å². The first-order valence-corrected chi connectivity index (χ1v) is 9.67. The summed E-state index contributed by atoms with van der Waals surface area (Å²) < 4.78 is 20.3. The van der Waals surface area contributed by atoms with Gasteiger partial charge in [-0.2, -0.15) is 0 Å². The summed E-state index contributed by atoms with van der Waals surface area (Å²) in [6, 6.07) is 3.12. The molecule has 146 valence electrons. The average Bonchev–Trinajstić information content (AvgIpc) is 3.10. The van der Waals surface area contributed by atoms with Gasteiger partial charge in [0.1, 0.15) is 16.9 Å².